The lowest BCUT2D eigenvalue weighted by atomic mass is 10.2. The molecule has 1 aromatic rings. The van der Waals surface area contributed by atoms with Crippen LogP contribution in [0.1, 0.15) is 11.4 Å². The molecular weight excluding hydrogens is 154 g/mol. The number of anilines is 1. The Morgan fingerprint density at radius 1 is 1.50 bits per heavy atom. The average molecular weight is 167 g/mol. The van der Waals surface area contributed by atoms with Crippen LogP contribution in [0.3, 0.4) is 0 Å². The fourth-order valence-corrected chi connectivity index (χ4v) is 1.29. The minimum absolute atomic E-state index is 0.472. The fraction of sp³-hybridized carbons (Fsp3) is 0.625. The number of rotatable bonds is 2. The SMILES string of the molecule is Cc1n[nH]c(C)c1NC1COC1. The van der Waals surface area contributed by atoms with E-state index in [0.29, 0.717) is 6.04 Å². The zero-order chi connectivity index (χ0) is 8.55. The third-order valence-electron chi connectivity index (χ3n) is 2.11. The van der Waals surface area contributed by atoms with E-state index in [9.17, 15) is 0 Å². The van der Waals surface area contributed by atoms with Crippen LogP contribution in [0.25, 0.3) is 0 Å². The van der Waals surface area contributed by atoms with Gasteiger partial charge >= 0.3 is 0 Å². The highest BCUT2D eigenvalue weighted by Crippen LogP contribution is 2.19. The number of nitrogens with one attached hydrogen (secondary N) is 2. The van der Waals surface area contributed by atoms with E-state index in [4.69, 9.17) is 4.74 Å². The van der Waals surface area contributed by atoms with Crippen LogP contribution in [0.15, 0.2) is 0 Å². The Morgan fingerprint density at radius 3 is 2.67 bits per heavy atom. The van der Waals surface area contributed by atoms with Crippen molar-refractivity contribution in [3.63, 3.8) is 0 Å². The predicted octanol–water partition coefficient (Wildman–Crippen LogP) is 0.837. The molecule has 0 amide bonds. The third-order valence-corrected chi connectivity index (χ3v) is 2.11. The molecule has 0 atom stereocenters. The van der Waals surface area contributed by atoms with Crippen molar-refractivity contribution in [2.24, 2.45) is 0 Å². The van der Waals surface area contributed by atoms with Gasteiger partial charge in [0.05, 0.1) is 36.3 Å². The lowest BCUT2D eigenvalue weighted by molar-refractivity contribution is 0.0210. The third kappa shape index (κ3) is 1.18. The summed E-state index contributed by atoms with van der Waals surface area (Å²) in [6, 6.07) is 0.472. The van der Waals surface area contributed by atoms with Crippen molar-refractivity contribution in [3.05, 3.63) is 11.4 Å². The molecule has 1 aromatic heterocycles. The first kappa shape index (κ1) is 7.61. The van der Waals surface area contributed by atoms with Crippen molar-refractivity contribution in [3.8, 4) is 0 Å². The van der Waals surface area contributed by atoms with Crippen molar-refractivity contribution in [1.82, 2.24) is 10.2 Å². The van der Waals surface area contributed by atoms with Gasteiger partial charge in [-0.3, -0.25) is 5.10 Å². The van der Waals surface area contributed by atoms with Crippen molar-refractivity contribution in [1.29, 1.82) is 0 Å². The van der Waals surface area contributed by atoms with Crippen LogP contribution in [-0.2, 0) is 4.74 Å². The molecule has 4 nitrogen and oxygen atoms in total. The molecule has 1 aliphatic rings. The Hall–Kier alpha value is -1.03. The number of aromatic nitrogens is 2. The Balaban J connectivity index is 2.10. The standard InChI is InChI=1S/C8H13N3O/c1-5-8(6(2)11-10-5)9-7-3-12-4-7/h7,9H,3-4H2,1-2H3,(H,10,11). The summed E-state index contributed by atoms with van der Waals surface area (Å²) in [7, 11) is 0. The summed E-state index contributed by atoms with van der Waals surface area (Å²) in [6.07, 6.45) is 0. The molecule has 2 heterocycles. The van der Waals surface area contributed by atoms with Gasteiger partial charge in [-0.15, -0.1) is 0 Å². The molecule has 0 aromatic carbocycles. The Morgan fingerprint density at radius 2 is 2.25 bits per heavy atom. The lowest BCUT2D eigenvalue weighted by Crippen LogP contribution is -2.40. The van der Waals surface area contributed by atoms with Gasteiger partial charge in [-0.1, -0.05) is 0 Å². The van der Waals surface area contributed by atoms with Crippen LogP contribution >= 0.6 is 0 Å². The molecule has 0 spiro atoms. The van der Waals surface area contributed by atoms with Crippen molar-refractivity contribution < 1.29 is 4.74 Å². The zero-order valence-corrected chi connectivity index (χ0v) is 7.35. The van der Waals surface area contributed by atoms with Crippen LogP contribution in [0.4, 0.5) is 5.69 Å². The summed E-state index contributed by atoms with van der Waals surface area (Å²) in [5.74, 6) is 0. The first-order chi connectivity index (χ1) is 5.77. The number of hydrogen-bond donors (Lipinski definition) is 2. The Kier molecular flexibility index (Phi) is 1.77. The van der Waals surface area contributed by atoms with Gasteiger partial charge in [0, 0.05) is 0 Å². The molecule has 0 bridgehead atoms. The summed E-state index contributed by atoms with van der Waals surface area (Å²) in [4.78, 5) is 0. The smallest absolute Gasteiger partial charge is 0.0825 e. The van der Waals surface area contributed by atoms with E-state index in [1.54, 1.807) is 0 Å². The Labute approximate surface area is 71.3 Å². The maximum atomic E-state index is 5.07. The van der Waals surface area contributed by atoms with Crippen LogP contribution in [0.5, 0.6) is 0 Å². The van der Waals surface area contributed by atoms with Crippen LogP contribution in [-0.4, -0.2) is 29.5 Å². The topological polar surface area (TPSA) is 49.9 Å². The molecule has 0 aliphatic carbocycles. The van der Waals surface area contributed by atoms with E-state index in [1.807, 2.05) is 13.8 Å². The van der Waals surface area contributed by atoms with E-state index < -0.39 is 0 Å². The molecule has 2 N–H and O–H groups in total. The maximum Gasteiger partial charge on any atom is 0.0825 e. The second-order valence-electron chi connectivity index (χ2n) is 3.19. The Bertz CT molecular complexity index is 258. The molecule has 0 radical (unpaired) electrons. The van der Waals surface area contributed by atoms with Crippen molar-refractivity contribution >= 4 is 5.69 Å². The summed E-state index contributed by atoms with van der Waals surface area (Å²) in [5, 5.41) is 10.4. The molecule has 1 saturated heterocycles. The largest absolute Gasteiger partial charge is 0.377 e. The monoisotopic (exact) mass is 167 g/mol. The molecule has 4 heteroatoms. The summed E-state index contributed by atoms with van der Waals surface area (Å²) in [6.45, 7) is 5.63. The van der Waals surface area contributed by atoms with Gasteiger partial charge in [-0.2, -0.15) is 5.10 Å². The van der Waals surface area contributed by atoms with Gasteiger partial charge in [0.25, 0.3) is 0 Å². The second-order valence-corrected chi connectivity index (χ2v) is 3.19. The number of ether oxygens (including phenoxy) is 1. The predicted molar refractivity (Wildman–Crippen MR) is 46.3 cm³/mol. The average Bonchev–Trinajstić information content (AvgIpc) is 2.25. The van der Waals surface area contributed by atoms with Crippen LogP contribution in [0, 0.1) is 13.8 Å². The molecule has 12 heavy (non-hydrogen) atoms. The van der Waals surface area contributed by atoms with Crippen LogP contribution in [0.2, 0.25) is 0 Å². The van der Waals surface area contributed by atoms with E-state index in [0.717, 1.165) is 30.3 Å². The highest BCUT2D eigenvalue weighted by molar-refractivity contribution is 5.52. The highest BCUT2D eigenvalue weighted by atomic mass is 16.5. The quantitative estimate of drug-likeness (QED) is 0.686. The van der Waals surface area contributed by atoms with Gasteiger partial charge in [0.1, 0.15) is 0 Å². The summed E-state index contributed by atoms with van der Waals surface area (Å²) < 4.78 is 5.07. The number of H-pyrrole nitrogens is 1. The van der Waals surface area contributed by atoms with Gasteiger partial charge < -0.3 is 10.1 Å². The number of nitrogens with zero attached hydrogens (tertiary/aromatic N) is 1. The molecule has 2 rings (SSSR count). The van der Waals surface area contributed by atoms with Gasteiger partial charge in [-0.25, -0.2) is 0 Å². The second kappa shape index (κ2) is 2.79. The van der Waals surface area contributed by atoms with Gasteiger partial charge in [-0.05, 0) is 13.8 Å². The first-order valence-corrected chi connectivity index (χ1v) is 4.13. The van der Waals surface area contributed by atoms with E-state index in [2.05, 4.69) is 15.5 Å². The number of aryl methyl sites for hydroxylation is 2. The lowest BCUT2D eigenvalue weighted by Gasteiger charge is -2.27. The van der Waals surface area contributed by atoms with E-state index >= 15 is 0 Å². The molecule has 0 unspecified atom stereocenters. The van der Waals surface area contributed by atoms with Crippen molar-refractivity contribution in [2.45, 2.75) is 19.9 Å². The number of hydrogen-bond acceptors (Lipinski definition) is 3. The van der Waals surface area contributed by atoms with Crippen molar-refractivity contribution in [2.75, 3.05) is 18.5 Å². The van der Waals surface area contributed by atoms with E-state index in [-0.39, 0.29) is 0 Å². The minimum Gasteiger partial charge on any atom is -0.377 e. The summed E-state index contributed by atoms with van der Waals surface area (Å²) >= 11 is 0. The summed E-state index contributed by atoms with van der Waals surface area (Å²) in [5.41, 5.74) is 3.25. The number of aromatic amines is 1. The van der Waals surface area contributed by atoms with Gasteiger partial charge in [0.15, 0.2) is 0 Å². The molecule has 66 valence electrons. The molecular formula is C8H13N3O. The fourth-order valence-electron chi connectivity index (χ4n) is 1.29. The normalized spacial score (nSPS) is 17.5. The minimum atomic E-state index is 0.472. The molecule has 1 fully saturated rings. The first-order valence-electron chi connectivity index (χ1n) is 4.13. The van der Waals surface area contributed by atoms with E-state index in [1.165, 1.54) is 0 Å². The molecule has 0 saturated carbocycles. The maximum absolute atomic E-state index is 5.07. The van der Waals surface area contributed by atoms with Crippen LogP contribution < -0.4 is 5.32 Å². The zero-order valence-electron chi connectivity index (χ0n) is 7.35. The highest BCUT2D eigenvalue weighted by Gasteiger charge is 2.19. The molecule has 1 aliphatic heterocycles. The van der Waals surface area contributed by atoms with Gasteiger partial charge in [0.2, 0.25) is 0 Å².